The van der Waals surface area contributed by atoms with E-state index in [-0.39, 0.29) is 0 Å². The standard InChI is InChI=1S/2C10H12/c1-4-10-6-5-8(2)7-9(10)3;1-4-10-7-5-6-8(2)9(10)3/h2*4-7H,1H2,2-3H3. The molecule has 2 rings (SSSR count). The molecule has 104 valence electrons. The van der Waals surface area contributed by atoms with Crippen LogP contribution in [0.4, 0.5) is 0 Å². The van der Waals surface area contributed by atoms with Crippen LogP contribution in [0.3, 0.4) is 0 Å². The quantitative estimate of drug-likeness (QED) is 0.634. The number of benzene rings is 2. The fourth-order valence-electron chi connectivity index (χ4n) is 2.05. The molecular formula is C20H24. The highest BCUT2D eigenvalue weighted by Crippen LogP contribution is 2.13. The van der Waals surface area contributed by atoms with Gasteiger partial charge in [-0.25, -0.2) is 0 Å². The summed E-state index contributed by atoms with van der Waals surface area (Å²) in [5, 5.41) is 0. The lowest BCUT2D eigenvalue weighted by Crippen LogP contribution is -1.83. The molecule has 0 radical (unpaired) electrons. The second kappa shape index (κ2) is 7.49. The molecule has 0 aromatic heterocycles. The average molecular weight is 264 g/mol. The van der Waals surface area contributed by atoms with Gasteiger partial charge in [0.05, 0.1) is 0 Å². The number of hydrogen-bond donors (Lipinski definition) is 0. The van der Waals surface area contributed by atoms with Crippen LogP contribution in [-0.2, 0) is 0 Å². The van der Waals surface area contributed by atoms with Gasteiger partial charge in [0, 0.05) is 0 Å². The lowest BCUT2D eigenvalue weighted by Gasteiger charge is -2.01. The zero-order chi connectivity index (χ0) is 15.1. The first-order chi connectivity index (χ1) is 9.49. The number of aryl methyl sites for hydroxylation is 3. The third kappa shape index (κ3) is 4.24. The lowest BCUT2D eigenvalue weighted by molar-refractivity contribution is 1.33. The van der Waals surface area contributed by atoms with Crippen molar-refractivity contribution in [2.45, 2.75) is 27.7 Å². The summed E-state index contributed by atoms with van der Waals surface area (Å²) < 4.78 is 0. The summed E-state index contributed by atoms with van der Waals surface area (Å²) >= 11 is 0. The van der Waals surface area contributed by atoms with Crippen molar-refractivity contribution in [1.29, 1.82) is 0 Å². The zero-order valence-corrected chi connectivity index (χ0v) is 13.0. The summed E-state index contributed by atoms with van der Waals surface area (Å²) in [7, 11) is 0. The molecule has 0 fully saturated rings. The Morgan fingerprint density at radius 1 is 0.750 bits per heavy atom. The minimum atomic E-state index is 1.23. The molecular weight excluding hydrogens is 240 g/mol. The second-order valence-electron chi connectivity index (χ2n) is 5.06. The minimum absolute atomic E-state index is 1.23. The molecule has 0 heteroatoms. The summed E-state index contributed by atoms with van der Waals surface area (Å²) in [6.45, 7) is 15.9. The molecule has 0 unspecified atom stereocenters. The van der Waals surface area contributed by atoms with Crippen molar-refractivity contribution < 1.29 is 0 Å². The van der Waals surface area contributed by atoms with Crippen LogP contribution in [-0.4, -0.2) is 0 Å². The van der Waals surface area contributed by atoms with Crippen LogP contribution in [0.2, 0.25) is 0 Å². The Morgan fingerprint density at radius 2 is 1.40 bits per heavy atom. The van der Waals surface area contributed by atoms with E-state index in [2.05, 4.69) is 77.3 Å². The van der Waals surface area contributed by atoms with Gasteiger partial charge in [0.1, 0.15) is 0 Å². The first kappa shape index (κ1) is 16.0. The number of rotatable bonds is 2. The van der Waals surface area contributed by atoms with Crippen LogP contribution in [0.1, 0.15) is 33.4 Å². The van der Waals surface area contributed by atoms with E-state index in [4.69, 9.17) is 0 Å². The highest BCUT2D eigenvalue weighted by molar-refractivity contribution is 5.53. The van der Waals surface area contributed by atoms with Gasteiger partial charge >= 0.3 is 0 Å². The predicted molar refractivity (Wildman–Crippen MR) is 92.0 cm³/mol. The fourth-order valence-corrected chi connectivity index (χ4v) is 2.05. The maximum absolute atomic E-state index is 3.73. The average Bonchev–Trinajstić information content (AvgIpc) is 2.43. The third-order valence-corrected chi connectivity index (χ3v) is 3.51. The Hall–Kier alpha value is -2.08. The van der Waals surface area contributed by atoms with Gasteiger partial charge in [0.25, 0.3) is 0 Å². The maximum atomic E-state index is 3.73. The molecule has 0 nitrogen and oxygen atoms in total. The zero-order valence-electron chi connectivity index (χ0n) is 13.0. The molecule has 0 aliphatic carbocycles. The van der Waals surface area contributed by atoms with Crippen molar-refractivity contribution in [1.82, 2.24) is 0 Å². The summed E-state index contributed by atoms with van der Waals surface area (Å²) in [5.41, 5.74) is 7.73. The first-order valence-electron chi connectivity index (χ1n) is 6.88. The molecule has 20 heavy (non-hydrogen) atoms. The summed E-state index contributed by atoms with van der Waals surface area (Å²) in [6, 6.07) is 12.6. The van der Waals surface area contributed by atoms with Crippen LogP contribution in [0.25, 0.3) is 12.2 Å². The van der Waals surface area contributed by atoms with Crippen LogP contribution < -0.4 is 0 Å². The Balaban J connectivity index is 0.000000200. The van der Waals surface area contributed by atoms with Gasteiger partial charge in [0.15, 0.2) is 0 Å². The summed E-state index contributed by atoms with van der Waals surface area (Å²) in [6.07, 6.45) is 3.77. The SMILES string of the molecule is C=Cc1ccc(C)cc1C.C=Cc1cccc(C)c1C. The Kier molecular flexibility index (Phi) is 5.99. The van der Waals surface area contributed by atoms with Crippen molar-refractivity contribution in [2.24, 2.45) is 0 Å². The monoisotopic (exact) mass is 264 g/mol. The Morgan fingerprint density at radius 3 is 1.90 bits per heavy atom. The maximum Gasteiger partial charge on any atom is -0.0231 e. The fraction of sp³-hybridized carbons (Fsp3) is 0.200. The lowest BCUT2D eigenvalue weighted by atomic mass is 10.0. The second-order valence-corrected chi connectivity index (χ2v) is 5.06. The Bertz CT molecular complexity index is 603. The van der Waals surface area contributed by atoms with Crippen molar-refractivity contribution >= 4 is 12.2 Å². The van der Waals surface area contributed by atoms with E-state index in [1.165, 1.54) is 33.4 Å². The van der Waals surface area contributed by atoms with Gasteiger partial charge in [-0.15, -0.1) is 0 Å². The van der Waals surface area contributed by atoms with E-state index in [1.807, 2.05) is 12.2 Å². The van der Waals surface area contributed by atoms with Crippen molar-refractivity contribution in [2.75, 3.05) is 0 Å². The summed E-state index contributed by atoms with van der Waals surface area (Å²) in [4.78, 5) is 0. The van der Waals surface area contributed by atoms with Crippen LogP contribution in [0.5, 0.6) is 0 Å². The first-order valence-corrected chi connectivity index (χ1v) is 6.88. The van der Waals surface area contributed by atoms with E-state index in [0.29, 0.717) is 0 Å². The third-order valence-electron chi connectivity index (χ3n) is 3.51. The van der Waals surface area contributed by atoms with E-state index in [1.54, 1.807) is 0 Å². The van der Waals surface area contributed by atoms with Gasteiger partial charge < -0.3 is 0 Å². The molecule has 2 aromatic carbocycles. The van der Waals surface area contributed by atoms with Crippen molar-refractivity contribution in [3.63, 3.8) is 0 Å². The van der Waals surface area contributed by atoms with E-state index < -0.39 is 0 Å². The molecule has 0 amide bonds. The van der Waals surface area contributed by atoms with Crippen LogP contribution in [0, 0.1) is 27.7 Å². The van der Waals surface area contributed by atoms with Crippen molar-refractivity contribution in [3.8, 4) is 0 Å². The smallest absolute Gasteiger partial charge is 0.0231 e. The molecule has 0 saturated carbocycles. The van der Waals surface area contributed by atoms with Crippen LogP contribution in [0.15, 0.2) is 49.6 Å². The van der Waals surface area contributed by atoms with E-state index in [9.17, 15) is 0 Å². The van der Waals surface area contributed by atoms with Crippen molar-refractivity contribution in [3.05, 3.63) is 82.9 Å². The minimum Gasteiger partial charge on any atom is -0.0985 e. The van der Waals surface area contributed by atoms with E-state index >= 15 is 0 Å². The molecule has 0 aliphatic rings. The largest absolute Gasteiger partial charge is 0.0985 e. The van der Waals surface area contributed by atoms with Crippen LogP contribution >= 0.6 is 0 Å². The molecule has 0 spiro atoms. The molecule has 2 aromatic rings. The highest BCUT2D eigenvalue weighted by atomic mass is 14.0. The molecule has 0 saturated heterocycles. The van der Waals surface area contributed by atoms with Gasteiger partial charge in [-0.3, -0.25) is 0 Å². The molecule has 0 bridgehead atoms. The molecule has 0 atom stereocenters. The van der Waals surface area contributed by atoms with Gasteiger partial charge in [-0.2, -0.15) is 0 Å². The molecule has 0 aliphatic heterocycles. The topological polar surface area (TPSA) is 0 Å². The normalized spacial score (nSPS) is 9.40. The predicted octanol–water partition coefficient (Wildman–Crippen LogP) is 5.89. The molecule has 0 heterocycles. The van der Waals surface area contributed by atoms with Gasteiger partial charge in [-0.1, -0.05) is 67.3 Å². The van der Waals surface area contributed by atoms with Gasteiger partial charge in [0.2, 0.25) is 0 Å². The number of hydrogen-bond acceptors (Lipinski definition) is 0. The van der Waals surface area contributed by atoms with Gasteiger partial charge in [-0.05, 0) is 55.5 Å². The highest BCUT2D eigenvalue weighted by Gasteiger charge is 1.94. The molecule has 0 N–H and O–H groups in total. The van der Waals surface area contributed by atoms with E-state index in [0.717, 1.165) is 0 Å². The Labute approximate surface area is 123 Å². The summed E-state index contributed by atoms with van der Waals surface area (Å²) in [5.74, 6) is 0.